The Morgan fingerprint density at radius 2 is 2.00 bits per heavy atom. The lowest BCUT2D eigenvalue weighted by Gasteiger charge is -2.08. The summed E-state index contributed by atoms with van der Waals surface area (Å²) in [6.45, 7) is 0. The second kappa shape index (κ2) is 6.26. The molecule has 0 aliphatic heterocycles. The van der Waals surface area contributed by atoms with Gasteiger partial charge in [-0.15, -0.1) is 0 Å². The summed E-state index contributed by atoms with van der Waals surface area (Å²) in [6.07, 6.45) is 2.68. The van der Waals surface area contributed by atoms with E-state index in [0.717, 1.165) is 16.9 Å². The predicted molar refractivity (Wildman–Crippen MR) is 87.2 cm³/mol. The second-order valence-corrected chi connectivity index (χ2v) is 5.05. The van der Waals surface area contributed by atoms with Crippen molar-refractivity contribution < 1.29 is 14.6 Å². The van der Waals surface area contributed by atoms with Gasteiger partial charge in [0.05, 0.1) is 36.2 Å². The Morgan fingerprint density at radius 3 is 2.58 bits per heavy atom. The van der Waals surface area contributed by atoms with Crippen LogP contribution in [0.3, 0.4) is 0 Å². The summed E-state index contributed by atoms with van der Waals surface area (Å²) in [5.41, 5.74) is 2.87. The molecule has 0 bridgehead atoms. The number of nitriles is 1. The zero-order valence-electron chi connectivity index (χ0n) is 12.8. The van der Waals surface area contributed by atoms with Crippen molar-refractivity contribution in [1.29, 1.82) is 5.26 Å². The van der Waals surface area contributed by atoms with Gasteiger partial charge in [0.15, 0.2) is 0 Å². The van der Waals surface area contributed by atoms with Gasteiger partial charge in [0.1, 0.15) is 5.75 Å². The van der Waals surface area contributed by atoms with Gasteiger partial charge < -0.3 is 9.84 Å². The Morgan fingerprint density at radius 1 is 1.25 bits per heavy atom. The molecule has 0 unspecified atom stereocenters. The number of rotatable bonds is 4. The first-order valence-electron chi connectivity index (χ1n) is 7.09. The van der Waals surface area contributed by atoms with Crippen LogP contribution >= 0.6 is 0 Å². The van der Waals surface area contributed by atoms with Crippen LogP contribution in [-0.4, -0.2) is 28.0 Å². The number of hydrogen-bond donors (Lipinski definition) is 1. The number of carbonyl (C=O) groups is 1. The second-order valence-electron chi connectivity index (χ2n) is 5.05. The molecule has 0 spiro atoms. The van der Waals surface area contributed by atoms with Gasteiger partial charge in [0.25, 0.3) is 0 Å². The summed E-state index contributed by atoms with van der Waals surface area (Å²) in [5, 5.41) is 22.4. The molecule has 0 aliphatic rings. The quantitative estimate of drug-likeness (QED) is 0.798. The Kier molecular flexibility index (Phi) is 4.00. The van der Waals surface area contributed by atoms with Crippen molar-refractivity contribution in [3.05, 3.63) is 66.0 Å². The highest BCUT2D eigenvalue weighted by molar-refractivity contribution is 5.87. The Balaban J connectivity index is 2.01. The van der Waals surface area contributed by atoms with Crippen LogP contribution in [0.1, 0.15) is 15.9 Å². The van der Waals surface area contributed by atoms with Gasteiger partial charge in [0.2, 0.25) is 0 Å². The third-order valence-corrected chi connectivity index (χ3v) is 3.62. The molecule has 0 aliphatic carbocycles. The lowest BCUT2D eigenvalue weighted by atomic mass is 9.99. The number of aromatic nitrogens is 2. The molecule has 3 rings (SSSR count). The molecule has 0 radical (unpaired) electrons. The average Bonchev–Trinajstić information content (AvgIpc) is 3.12. The van der Waals surface area contributed by atoms with E-state index >= 15 is 0 Å². The van der Waals surface area contributed by atoms with Crippen molar-refractivity contribution in [1.82, 2.24) is 9.78 Å². The van der Waals surface area contributed by atoms with E-state index in [4.69, 9.17) is 9.84 Å². The Labute approximate surface area is 138 Å². The first-order chi connectivity index (χ1) is 11.6. The minimum Gasteiger partial charge on any atom is -0.497 e. The van der Waals surface area contributed by atoms with Crippen LogP contribution in [0.4, 0.5) is 0 Å². The molecular formula is C18H13N3O3. The van der Waals surface area contributed by atoms with E-state index in [1.165, 1.54) is 17.1 Å². The van der Waals surface area contributed by atoms with Crippen molar-refractivity contribution in [2.45, 2.75) is 0 Å². The number of methoxy groups -OCH3 is 1. The van der Waals surface area contributed by atoms with Crippen molar-refractivity contribution >= 4 is 5.97 Å². The highest BCUT2D eigenvalue weighted by atomic mass is 16.5. The van der Waals surface area contributed by atoms with Crippen molar-refractivity contribution in [3.63, 3.8) is 0 Å². The van der Waals surface area contributed by atoms with E-state index < -0.39 is 5.97 Å². The van der Waals surface area contributed by atoms with Crippen LogP contribution in [0.5, 0.6) is 5.75 Å². The van der Waals surface area contributed by atoms with Crippen LogP contribution in [0, 0.1) is 11.3 Å². The summed E-state index contributed by atoms with van der Waals surface area (Å²) in [5.74, 6) is -0.303. The summed E-state index contributed by atoms with van der Waals surface area (Å²) in [6, 6.07) is 14.9. The minimum absolute atomic E-state index is 0.0905. The van der Waals surface area contributed by atoms with Gasteiger partial charge in [-0.3, -0.25) is 0 Å². The third kappa shape index (κ3) is 2.83. The van der Waals surface area contributed by atoms with Crippen LogP contribution in [0.2, 0.25) is 0 Å². The molecule has 0 atom stereocenters. The molecule has 3 aromatic rings. The minimum atomic E-state index is -1.04. The molecule has 1 aromatic heterocycles. The summed E-state index contributed by atoms with van der Waals surface area (Å²) in [7, 11) is 1.60. The van der Waals surface area contributed by atoms with Gasteiger partial charge in [-0.1, -0.05) is 18.2 Å². The fourth-order valence-corrected chi connectivity index (χ4v) is 2.36. The van der Waals surface area contributed by atoms with E-state index in [-0.39, 0.29) is 5.56 Å². The van der Waals surface area contributed by atoms with Crippen LogP contribution in [-0.2, 0) is 0 Å². The van der Waals surface area contributed by atoms with Gasteiger partial charge in [-0.25, -0.2) is 9.48 Å². The molecule has 6 heteroatoms. The SMILES string of the molecule is COc1ccc(-c2ccc(-n3cc(C(=O)O)cn3)cc2C#N)cc1. The molecule has 0 saturated heterocycles. The summed E-state index contributed by atoms with van der Waals surface area (Å²) < 4.78 is 6.57. The fraction of sp³-hybridized carbons (Fsp3) is 0.0556. The summed E-state index contributed by atoms with van der Waals surface area (Å²) >= 11 is 0. The van der Waals surface area contributed by atoms with E-state index in [1.54, 1.807) is 19.2 Å². The first kappa shape index (κ1) is 15.3. The van der Waals surface area contributed by atoms with E-state index in [1.807, 2.05) is 30.3 Å². The van der Waals surface area contributed by atoms with Gasteiger partial charge in [-0.2, -0.15) is 10.4 Å². The molecule has 1 heterocycles. The largest absolute Gasteiger partial charge is 0.497 e. The molecule has 1 N–H and O–H groups in total. The number of aromatic carboxylic acids is 1. The number of nitrogens with zero attached hydrogens (tertiary/aromatic N) is 3. The highest BCUT2D eigenvalue weighted by Crippen LogP contribution is 2.27. The smallest absolute Gasteiger partial charge is 0.338 e. The van der Waals surface area contributed by atoms with Crippen molar-refractivity contribution in [2.75, 3.05) is 7.11 Å². The maximum absolute atomic E-state index is 10.9. The average molecular weight is 319 g/mol. The van der Waals surface area contributed by atoms with E-state index in [0.29, 0.717) is 11.3 Å². The van der Waals surface area contributed by atoms with Gasteiger partial charge >= 0.3 is 5.97 Å². The van der Waals surface area contributed by atoms with Gasteiger partial charge in [-0.05, 0) is 35.4 Å². The highest BCUT2D eigenvalue weighted by Gasteiger charge is 2.10. The molecule has 24 heavy (non-hydrogen) atoms. The van der Waals surface area contributed by atoms with Crippen molar-refractivity contribution in [3.8, 4) is 28.6 Å². The number of hydrogen-bond acceptors (Lipinski definition) is 4. The standard InChI is InChI=1S/C18H13N3O3/c1-24-16-5-2-12(3-6-16)17-7-4-15(8-13(17)9-19)21-11-14(10-20-21)18(22)23/h2-8,10-11H,1H3,(H,22,23). The molecule has 118 valence electrons. The molecule has 0 saturated carbocycles. The third-order valence-electron chi connectivity index (χ3n) is 3.62. The molecule has 0 amide bonds. The number of benzene rings is 2. The fourth-order valence-electron chi connectivity index (χ4n) is 2.36. The summed E-state index contributed by atoms with van der Waals surface area (Å²) in [4.78, 5) is 10.9. The van der Waals surface area contributed by atoms with Crippen LogP contribution in [0.25, 0.3) is 16.8 Å². The van der Waals surface area contributed by atoms with Crippen LogP contribution in [0.15, 0.2) is 54.9 Å². The number of carboxylic acids is 1. The lowest BCUT2D eigenvalue weighted by Crippen LogP contribution is -1.97. The monoisotopic (exact) mass is 319 g/mol. The van der Waals surface area contributed by atoms with Crippen LogP contribution < -0.4 is 4.74 Å². The first-order valence-corrected chi connectivity index (χ1v) is 7.09. The van der Waals surface area contributed by atoms with E-state index in [9.17, 15) is 10.1 Å². The number of ether oxygens (including phenoxy) is 1. The van der Waals surface area contributed by atoms with E-state index in [2.05, 4.69) is 11.2 Å². The Hall–Kier alpha value is -3.59. The lowest BCUT2D eigenvalue weighted by molar-refractivity contribution is 0.0697. The number of carboxylic acid groups (broad SMARTS) is 1. The zero-order valence-corrected chi connectivity index (χ0v) is 12.8. The maximum atomic E-state index is 10.9. The maximum Gasteiger partial charge on any atom is 0.338 e. The topological polar surface area (TPSA) is 88.1 Å². The predicted octanol–water partition coefficient (Wildman–Crippen LogP) is 3.12. The van der Waals surface area contributed by atoms with Gasteiger partial charge in [0, 0.05) is 6.20 Å². The molecular weight excluding hydrogens is 306 g/mol. The zero-order chi connectivity index (χ0) is 17.1. The molecule has 6 nitrogen and oxygen atoms in total. The molecule has 2 aromatic carbocycles. The van der Waals surface area contributed by atoms with Crippen molar-refractivity contribution in [2.24, 2.45) is 0 Å². The Bertz CT molecular complexity index is 937. The normalized spacial score (nSPS) is 10.2. The molecule has 0 fully saturated rings.